The van der Waals surface area contributed by atoms with Gasteiger partial charge in [-0.25, -0.2) is 4.57 Å². The number of nitrogens with one attached hydrogen (secondary N) is 2. The SMILES string of the molecule is CCCCCCCCCCCCCCCC(=O)OCC(COP(=O)(O)OCCNC(=O)CCCCCNc1nc(Cl)nc(Cl)n1)OC(=O)CCCCCCCCCCCCCCC. The molecule has 0 aromatic carbocycles. The van der Waals surface area contributed by atoms with Gasteiger partial charge in [-0.05, 0) is 48.9 Å². The first kappa shape index (κ1) is 58.9. The van der Waals surface area contributed by atoms with E-state index in [0.717, 1.165) is 51.4 Å². The highest BCUT2D eigenvalue weighted by Crippen LogP contribution is 2.43. The van der Waals surface area contributed by atoms with E-state index < -0.39 is 32.5 Å². The minimum absolute atomic E-state index is 0.00410. The topological polar surface area (TPSA) is 188 Å². The van der Waals surface area contributed by atoms with Gasteiger partial charge in [0.25, 0.3) is 0 Å². The molecule has 0 spiro atoms. The molecular weight excluding hydrogens is 868 g/mol. The number of ether oxygens (including phenoxy) is 2. The van der Waals surface area contributed by atoms with Crippen LogP contribution in [0.4, 0.5) is 5.95 Å². The van der Waals surface area contributed by atoms with Crippen molar-refractivity contribution in [2.24, 2.45) is 0 Å². The summed E-state index contributed by atoms with van der Waals surface area (Å²) in [5.74, 6) is -0.850. The number of nitrogens with zero attached hydrogens (tertiary/aromatic N) is 3. The standard InChI is InChI=1S/C46H84Cl2N5O9P/c1-3-5-7-9-11-13-15-17-19-21-23-25-29-33-42(55)59-38-40(62-43(56)34-30-26-24-22-20-18-16-14-12-10-8-6-4-2)39-61-63(57,58)60-37-36-49-41(54)32-28-27-31-35-50-46-52-44(47)51-45(48)53-46/h40H,3-39H2,1-2H3,(H,49,54)(H,57,58)(H,50,51,52,53). The van der Waals surface area contributed by atoms with Gasteiger partial charge in [-0.1, -0.05) is 174 Å². The third-order valence-electron chi connectivity index (χ3n) is 10.7. The minimum atomic E-state index is -4.58. The highest BCUT2D eigenvalue weighted by atomic mass is 35.5. The largest absolute Gasteiger partial charge is 0.472 e. The van der Waals surface area contributed by atoms with Gasteiger partial charge in [0.15, 0.2) is 6.10 Å². The van der Waals surface area contributed by atoms with Gasteiger partial charge in [0.1, 0.15) is 6.61 Å². The molecule has 0 fully saturated rings. The number of aromatic nitrogens is 3. The molecular formula is C46H84Cl2N5O9P. The van der Waals surface area contributed by atoms with Crippen molar-refractivity contribution >= 4 is 54.8 Å². The number of rotatable bonds is 45. The molecule has 63 heavy (non-hydrogen) atoms. The van der Waals surface area contributed by atoms with Crippen molar-refractivity contribution in [1.82, 2.24) is 20.3 Å². The van der Waals surface area contributed by atoms with Crippen LogP contribution in [0.15, 0.2) is 0 Å². The minimum Gasteiger partial charge on any atom is -0.462 e. The normalized spacial score (nSPS) is 12.8. The zero-order chi connectivity index (χ0) is 46.1. The Balaban J connectivity index is 2.37. The number of esters is 2. The molecule has 0 saturated carbocycles. The fraction of sp³-hybridized carbons (Fsp3) is 0.870. The van der Waals surface area contributed by atoms with Crippen molar-refractivity contribution < 1.29 is 42.4 Å². The molecule has 1 aromatic rings. The molecule has 1 heterocycles. The van der Waals surface area contributed by atoms with E-state index in [9.17, 15) is 23.8 Å². The zero-order valence-corrected chi connectivity index (χ0v) is 41.4. The van der Waals surface area contributed by atoms with Crippen LogP contribution in [0.3, 0.4) is 0 Å². The first-order valence-corrected chi connectivity index (χ1v) is 26.8. The lowest BCUT2D eigenvalue weighted by atomic mass is 10.0. The zero-order valence-electron chi connectivity index (χ0n) is 39.0. The molecule has 2 unspecified atom stereocenters. The maximum absolute atomic E-state index is 12.8. The maximum atomic E-state index is 12.8. The maximum Gasteiger partial charge on any atom is 0.472 e. The molecule has 0 bridgehead atoms. The average molecular weight is 953 g/mol. The summed E-state index contributed by atoms with van der Waals surface area (Å²) in [4.78, 5) is 59.5. The lowest BCUT2D eigenvalue weighted by molar-refractivity contribution is -0.161. The molecule has 3 N–H and O–H groups in total. The lowest BCUT2D eigenvalue weighted by Gasteiger charge is -2.20. The fourth-order valence-electron chi connectivity index (χ4n) is 7.04. The Morgan fingerprint density at radius 3 is 1.48 bits per heavy atom. The smallest absolute Gasteiger partial charge is 0.462 e. The second-order valence-electron chi connectivity index (χ2n) is 16.7. The second kappa shape index (κ2) is 41.3. The number of anilines is 1. The summed E-state index contributed by atoms with van der Waals surface area (Å²) < 4.78 is 33.9. The van der Waals surface area contributed by atoms with Crippen molar-refractivity contribution in [3.63, 3.8) is 0 Å². The van der Waals surface area contributed by atoms with E-state index in [1.165, 1.54) is 116 Å². The van der Waals surface area contributed by atoms with Crippen molar-refractivity contribution in [2.45, 2.75) is 225 Å². The Bertz CT molecular complexity index is 1330. The summed E-state index contributed by atoms with van der Waals surface area (Å²) in [7, 11) is -4.58. The Morgan fingerprint density at radius 2 is 0.984 bits per heavy atom. The van der Waals surface area contributed by atoms with Gasteiger partial charge >= 0.3 is 19.8 Å². The van der Waals surface area contributed by atoms with E-state index in [2.05, 4.69) is 39.4 Å². The predicted octanol–water partition coefficient (Wildman–Crippen LogP) is 12.8. The van der Waals surface area contributed by atoms with Crippen molar-refractivity contribution in [3.8, 4) is 0 Å². The van der Waals surface area contributed by atoms with Crippen molar-refractivity contribution in [1.29, 1.82) is 0 Å². The summed E-state index contributed by atoms with van der Waals surface area (Å²) in [5.41, 5.74) is 0. The number of hydrogen-bond acceptors (Lipinski definition) is 12. The molecule has 0 aliphatic rings. The molecule has 14 nitrogen and oxygen atoms in total. The van der Waals surface area contributed by atoms with Gasteiger partial charge in [-0.2, -0.15) is 15.0 Å². The fourth-order valence-corrected chi connectivity index (χ4v) is 8.15. The second-order valence-corrected chi connectivity index (χ2v) is 18.8. The molecule has 1 amide bonds. The molecule has 1 rings (SSSR count). The quantitative estimate of drug-likeness (QED) is 0.0318. The van der Waals surface area contributed by atoms with Crippen LogP contribution in [0, 0.1) is 0 Å². The Kier molecular flexibility index (Phi) is 38.7. The number of carbonyl (C=O) groups is 3. The van der Waals surface area contributed by atoms with E-state index in [1.807, 2.05) is 0 Å². The molecule has 1 aromatic heterocycles. The third-order valence-corrected chi connectivity index (χ3v) is 12.1. The summed E-state index contributed by atoms with van der Waals surface area (Å²) in [6.07, 6.45) is 32.8. The summed E-state index contributed by atoms with van der Waals surface area (Å²) in [6.45, 7) is 3.95. The van der Waals surface area contributed by atoms with Gasteiger partial charge in [0.2, 0.25) is 22.4 Å². The first-order valence-electron chi connectivity index (χ1n) is 24.6. The van der Waals surface area contributed by atoms with E-state index in [1.54, 1.807) is 0 Å². The molecule has 2 atom stereocenters. The van der Waals surface area contributed by atoms with Crippen molar-refractivity contribution in [3.05, 3.63) is 10.6 Å². The Hall–Kier alpha value is -2.09. The van der Waals surface area contributed by atoms with Crippen LogP contribution >= 0.6 is 31.0 Å². The lowest BCUT2D eigenvalue weighted by Crippen LogP contribution is -2.30. The molecule has 0 aliphatic heterocycles. The summed E-state index contributed by atoms with van der Waals surface area (Å²) in [6, 6.07) is 0. The van der Waals surface area contributed by atoms with Gasteiger partial charge in [0, 0.05) is 32.4 Å². The highest BCUT2D eigenvalue weighted by molar-refractivity contribution is 7.47. The van der Waals surface area contributed by atoms with Gasteiger partial charge in [-0.15, -0.1) is 0 Å². The van der Waals surface area contributed by atoms with Crippen LogP contribution in [0.5, 0.6) is 0 Å². The Labute approximate surface area is 390 Å². The highest BCUT2D eigenvalue weighted by Gasteiger charge is 2.26. The summed E-state index contributed by atoms with van der Waals surface area (Å²) in [5, 5.41) is 5.64. The third kappa shape index (κ3) is 38.9. The molecule has 17 heteroatoms. The van der Waals surface area contributed by atoms with Crippen LogP contribution in [0.1, 0.15) is 219 Å². The van der Waals surface area contributed by atoms with E-state index >= 15 is 0 Å². The van der Waals surface area contributed by atoms with Gasteiger partial charge in [-0.3, -0.25) is 23.4 Å². The predicted molar refractivity (Wildman–Crippen MR) is 253 cm³/mol. The monoisotopic (exact) mass is 952 g/mol. The summed E-state index contributed by atoms with van der Waals surface area (Å²) >= 11 is 11.5. The van der Waals surface area contributed by atoms with E-state index in [-0.39, 0.29) is 61.4 Å². The van der Waals surface area contributed by atoms with Crippen LogP contribution in [-0.2, 0) is 37.5 Å². The van der Waals surface area contributed by atoms with Crippen molar-refractivity contribution in [2.75, 3.05) is 38.2 Å². The number of unbranched alkanes of at least 4 members (excludes halogenated alkanes) is 26. The van der Waals surface area contributed by atoms with Crippen LogP contribution in [0.25, 0.3) is 0 Å². The van der Waals surface area contributed by atoms with Gasteiger partial charge in [0.05, 0.1) is 13.2 Å². The van der Waals surface area contributed by atoms with Gasteiger partial charge < -0.3 is 25.0 Å². The number of carbonyl (C=O) groups excluding carboxylic acids is 3. The molecule has 0 aliphatic carbocycles. The molecule has 0 radical (unpaired) electrons. The number of phosphoric ester groups is 1. The number of hydrogen-bond donors (Lipinski definition) is 3. The molecule has 0 saturated heterocycles. The molecule has 366 valence electrons. The first-order chi connectivity index (χ1) is 30.5. The van der Waals surface area contributed by atoms with Crippen LogP contribution < -0.4 is 10.6 Å². The van der Waals surface area contributed by atoms with E-state index in [0.29, 0.717) is 25.8 Å². The van der Waals surface area contributed by atoms with Crippen LogP contribution in [-0.4, -0.2) is 76.7 Å². The number of phosphoric acid groups is 1. The number of amides is 1. The van der Waals surface area contributed by atoms with Crippen LogP contribution in [0.2, 0.25) is 10.6 Å². The number of halogens is 2. The average Bonchev–Trinajstić information content (AvgIpc) is 3.24. The Morgan fingerprint density at radius 1 is 0.556 bits per heavy atom. The van der Waals surface area contributed by atoms with E-state index in [4.69, 9.17) is 41.7 Å².